The van der Waals surface area contributed by atoms with E-state index in [9.17, 15) is 4.79 Å². The van der Waals surface area contributed by atoms with Gasteiger partial charge in [0, 0.05) is 17.2 Å². The van der Waals surface area contributed by atoms with Crippen LogP contribution in [0.3, 0.4) is 0 Å². The average Bonchev–Trinajstić information content (AvgIpc) is 2.64. The highest BCUT2D eigenvalue weighted by Crippen LogP contribution is 2.20. The van der Waals surface area contributed by atoms with Gasteiger partial charge in [0.15, 0.2) is 0 Å². The van der Waals surface area contributed by atoms with E-state index >= 15 is 0 Å². The van der Waals surface area contributed by atoms with Crippen LogP contribution in [0.2, 0.25) is 0 Å². The van der Waals surface area contributed by atoms with Gasteiger partial charge < -0.3 is 11.1 Å². The van der Waals surface area contributed by atoms with Crippen molar-refractivity contribution >= 4 is 33.2 Å². The predicted octanol–water partition coefficient (Wildman–Crippen LogP) is 2.58. The molecule has 0 saturated carbocycles. The maximum Gasteiger partial charge on any atom is 0.276 e. The first-order valence-electron chi connectivity index (χ1n) is 5.91. The van der Waals surface area contributed by atoms with Crippen molar-refractivity contribution in [3.8, 4) is 0 Å². The lowest BCUT2D eigenvalue weighted by atomic mass is 10.2. The van der Waals surface area contributed by atoms with Crippen molar-refractivity contribution in [3.63, 3.8) is 0 Å². The molecule has 0 aliphatic carbocycles. The average molecular weight is 323 g/mol. The number of hydrogen-bond acceptors (Lipinski definition) is 3. The SMILES string of the molecule is CCc1nn(C)c(C(=O)Nc2cccc(Br)c2)c1N. The topological polar surface area (TPSA) is 72.9 Å². The van der Waals surface area contributed by atoms with E-state index in [0.29, 0.717) is 23.5 Å². The fraction of sp³-hybridized carbons (Fsp3) is 0.231. The van der Waals surface area contributed by atoms with Gasteiger partial charge in [-0.2, -0.15) is 5.10 Å². The summed E-state index contributed by atoms with van der Waals surface area (Å²) in [4.78, 5) is 12.2. The fourth-order valence-electron chi connectivity index (χ4n) is 1.88. The summed E-state index contributed by atoms with van der Waals surface area (Å²) in [6.07, 6.45) is 0.698. The van der Waals surface area contributed by atoms with Crippen LogP contribution in [0.25, 0.3) is 0 Å². The van der Waals surface area contributed by atoms with Crippen molar-refractivity contribution in [1.82, 2.24) is 9.78 Å². The van der Waals surface area contributed by atoms with Crippen LogP contribution in [0, 0.1) is 0 Å². The highest BCUT2D eigenvalue weighted by atomic mass is 79.9. The number of nitrogens with zero attached hydrogens (tertiary/aromatic N) is 2. The van der Waals surface area contributed by atoms with E-state index in [4.69, 9.17) is 5.73 Å². The van der Waals surface area contributed by atoms with E-state index in [2.05, 4.69) is 26.3 Å². The molecule has 0 spiro atoms. The molecule has 0 aliphatic heterocycles. The molecule has 0 atom stereocenters. The van der Waals surface area contributed by atoms with Crippen LogP contribution in [0.15, 0.2) is 28.7 Å². The first-order valence-corrected chi connectivity index (χ1v) is 6.70. The van der Waals surface area contributed by atoms with Crippen molar-refractivity contribution in [3.05, 3.63) is 40.1 Å². The summed E-state index contributed by atoms with van der Waals surface area (Å²) in [5, 5.41) is 7.04. The molecule has 0 fully saturated rings. The Kier molecular flexibility index (Phi) is 3.90. The van der Waals surface area contributed by atoms with Gasteiger partial charge in [-0.25, -0.2) is 0 Å². The maximum atomic E-state index is 12.2. The predicted molar refractivity (Wildman–Crippen MR) is 79.1 cm³/mol. The van der Waals surface area contributed by atoms with E-state index in [1.807, 2.05) is 31.2 Å². The number of aryl methyl sites for hydroxylation is 2. The van der Waals surface area contributed by atoms with Gasteiger partial charge in [-0.05, 0) is 24.6 Å². The van der Waals surface area contributed by atoms with Crippen molar-refractivity contribution in [2.45, 2.75) is 13.3 Å². The highest BCUT2D eigenvalue weighted by Gasteiger charge is 2.19. The second-order valence-corrected chi connectivity index (χ2v) is 5.07. The Bertz CT molecular complexity index is 621. The lowest BCUT2D eigenvalue weighted by Crippen LogP contribution is -2.17. The summed E-state index contributed by atoms with van der Waals surface area (Å²) in [5.41, 5.74) is 8.22. The molecule has 1 heterocycles. The van der Waals surface area contributed by atoms with E-state index < -0.39 is 0 Å². The number of nitrogen functional groups attached to an aromatic ring is 1. The van der Waals surface area contributed by atoms with E-state index in [1.165, 1.54) is 4.68 Å². The maximum absolute atomic E-state index is 12.2. The van der Waals surface area contributed by atoms with Gasteiger partial charge in [-0.3, -0.25) is 9.48 Å². The molecule has 2 rings (SSSR count). The molecule has 3 N–H and O–H groups in total. The standard InChI is InChI=1S/C13H15BrN4O/c1-3-10-11(15)12(18(2)17-10)13(19)16-9-6-4-5-8(14)7-9/h4-7H,3,15H2,1-2H3,(H,16,19). The van der Waals surface area contributed by atoms with Crippen molar-refractivity contribution in [2.75, 3.05) is 11.1 Å². The number of carbonyl (C=O) groups excluding carboxylic acids is 1. The number of benzene rings is 1. The van der Waals surface area contributed by atoms with Gasteiger partial charge in [-0.15, -0.1) is 0 Å². The van der Waals surface area contributed by atoms with Crippen LogP contribution < -0.4 is 11.1 Å². The summed E-state index contributed by atoms with van der Waals surface area (Å²) in [6.45, 7) is 1.95. The molecule has 6 heteroatoms. The van der Waals surface area contributed by atoms with Gasteiger partial charge in [-0.1, -0.05) is 28.9 Å². The van der Waals surface area contributed by atoms with Crippen LogP contribution in [-0.4, -0.2) is 15.7 Å². The largest absolute Gasteiger partial charge is 0.395 e. The lowest BCUT2D eigenvalue weighted by molar-refractivity contribution is 0.101. The summed E-state index contributed by atoms with van der Waals surface area (Å²) in [7, 11) is 1.71. The van der Waals surface area contributed by atoms with Crippen LogP contribution in [-0.2, 0) is 13.5 Å². The Morgan fingerprint density at radius 3 is 2.84 bits per heavy atom. The Balaban J connectivity index is 2.28. The monoisotopic (exact) mass is 322 g/mol. The summed E-state index contributed by atoms with van der Waals surface area (Å²) in [5.74, 6) is -0.259. The van der Waals surface area contributed by atoms with Crippen molar-refractivity contribution < 1.29 is 4.79 Å². The summed E-state index contributed by atoms with van der Waals surface area (Å²) >= 11 is 3.36. The van der Waals surface area contributed by atoms with Gasteiger partial charge in [0.25, 0.3) is 5.91 Å². The molecule has 1 amide bonds. The quantitative estimate of drug-likeness (QED) is 0.912. The van der Waals surface area contributed by atoms with E-state index in [0.717, 1.165) is 10.2 Å². The number of nitrogens with one attached hydrogen (secondary N) is 1. The lowest BCUT2D eigenvalue weighted by Gasteiger charge is -2.06. The fourth-order valence-corrected chi connectivity index (χ4v) is 2.28. The summed E-state index contributed by atoms with van der Waals surface area (Å²) in [6, 6.07) is 7.38. The van der Waals surface area contributed by atoms with Gasteiger partial charge >= 0.3 is 0 Å². The number of rotatable bonds is 3. The minimum atomic E-state index is -0.259. The van der Waals surface area contributed by atoms with Gasteiger partial charge in [0.1, 0.15) is 5.69 Å². The van der Waals surface area contributed by atoms with Gasteiger partial charge in [0.05, 0.1) is 11.4 Å². The third-order valence-corrected chi connectivity index (χ3v) is 3.29. The Hall–Kier alpha value is -1.82. The van der Waals surface area contributed by atoms with Crippen LogP contribution in [0.5, 0.6) is 0 Å². The second kappa shape index (κ2) is 5.44. The number of aromatic nitrogens is 2. The van der Waals surface area contributed by atoms with Crippen molar-refractivity contribution in [2.24, 2.45) is 7.05 Å². The molecule has 0 saturated heterocycles. The first-order chi connectivity index (χ1) is 9.02. The molecule has 1 aromatic heterocycles. The molecule has 19 heavy (non-hydrogen) atoms. The molecule has 0 unspecified atom stereocenters. The van der Waals surface area contributed by atoms with Crippen LogP contribution in [0.4, 0.5) is 11.4 Å². The first kappa shape index (κ1) is 13.6. The van der Waals surface area contributed by atoms with Gasteiger partial charge in [0.2, 0.25) is 0 Å². The minimum Gasteiger partial charge on any atom is -0.395 e. The second-order valence-electron chi connectivity index (χ2n) is 4.15. The Labute approximate surface area is 119 Å². The zero-order valence-electron chi connectivity index (χ0n) is 10.8. The van der Waals surface area contributed by atoms with Crippen LogP contribution in [0.1, 0.15) is 23.1 Å². The normalized spacial score (nSPS) is 10.5. The molecule has 1 aromatic carbocycles. The summed E-state index contributed by atoms with van der Waals surface area (Å²) < 4.78 is 2.42. The minimum absolute atomic E-state index is 0.259. The number of anilines is 2. The number of nitrogens with two attached hydrogens (primary N) is 1. The molecule has 0 aliphatic rings. The smallest absolute Gasteiger partial charge is 0.276 e. The molecule has 100 valence electrons. The highest BCUT2D eigenvalue weighted by molar-refractivity contribution is 9.10. The number of carbonyl (C=O) groups is 1. The molecule has 0 bridgehead atoms. The number of halogens is 1. The Morgan fingerprint density at radius 2 is 2.26 bits per heavy atom. The molecular weight excluding hydrogens is 308 g/mol. The molecule has 0 radical (unpaired) electrons. The molecule has 2 aromatic rings. The van der Waals surface area contributed by atoms with Crippen molar-refractivity contribution in [1.29, 1.82) is 0 Å². The molecule has 5 nitrogen and oxygen atoms in total. The third-order valence-electron chi connectivity index (χ3n) is 2.79. The molecular formula is C13H15BrN4O. The zero-order chi connectivity index (χ0) is 14.0. The van der Waals surface area contributed by atoms with Crippen LogP contribution >= 0.6 is 15.9 Å². The third kappa shape index (κ3) is 2.78. The zero-order valence-corrected chi connectivity index (χ0v) is 12.4. The Morgan fingerprint density at radius 1 is 1.53 bits per heavy atom. The van der Waals surface area contributed by atoms with E-state index in [1.54, 1.807) is 7.05 Å². The number of amides is 1. The number of hydrogen-bond donors (Lipinski definition) is 2. The van der Waals surface area contributed by atoms with E-state index in [-0.39, 0.29) is 5.91 Å².